The highest BCUT2D eigenvalue weighted by Crippen LogP contribution is 2.31. The number of oxazole rings is 1. The van der Waals surface area contributed by atoms with E-state index in [-0.39, 0.29) is 11.8 Å². The molecule has 30 heavy (non-hydrogen) atoms. The first-order chi connectivity index (χ1) is 14.6. The Kier molecular flexibility index (Phi) is 4.43. The van der Waals surface area contributed by atoms with Crippen LogP contribution in [0.15, 0.2) is 65.1 Å². The van der Waals surface area contributed by atoms with Crippen LogP contribution in [0.2, 0.25) is 0 Å². The molecule has 3 aromatic rings. The summed E-state index contributed by atoms with van der Waals surface area (Å²) in [5, 5.41) is 0. The van der Waals surface area contributed by atoms with Crippen LogP contribution in [0.1, 0.15) is 35.0 Å². The molecule has 150 valence electrons. The maximum absolute atomic E-state index is 13.0. The number of piperidine rings is 1. The van der Waals surface area contributed by atoms with Gasteiger partial charge in [0.25, 0.3) is 17.7 Å². The third-order valence-electron chi connectivity index (χ3n) is 5.60. The number of anilines is 1. The molecule has 0 radical (unpaired) electrons. The number of imide groups is 1. The molecule has 3 amide bonds. The number of nitrogens with zero attached hydrogens (tertiary/aromatic N) is 3. The highest BCUT2D eigenvalue weighted by Gasteiger charge is 2.29. The molecule has 0 saturated carbocycles. The van der Waals surface area contributed by atoms with Crippen molar-refractivity contribution in [2.45, 2.75) is 18.8 Å². The first-order valence-corrected chi connectivity index (χ1v) is 9.91. The van der Waals surface area contributed by atoms with Gasteiger partial charge in [0.1, 0.15) is 5.52 Å². The molecule has 1 aromatic heterocycles. The third-order valence-corrected chi connectivity index (χ3v) is 5.60. The number of para-hydroxylation sites is 2. The zero-order chi connectivity index (χ0) is 20.7. The van der Waals surface area contributed by atoms with Crippen molar-refractivity contribution in [3.63, 3.8) is 0 Å². The summed E-state index contributed by atoms with van der Waals surface area (Å²) >= 11 is 0. The standard InChI is InChI=1S/C23H19N3O4/c27-20-8-9-21(28)26(20)17-5-3-4-16(14-17)23(29)25-12-10-15(11-13-25)22-24-18-6-1-2-7-19(18)30-22/h1-9,14-15H,10-13H2. The second-order valence-corrected chi connectivity index (χ2v) is 7.48. The molecule has 2 aromatic carbocycles. The summed E-state index contributed by atoms with van der Waals surface area (Å²) < 4.78 is 5.89. The van der Waals surface area contributed by atoms with E-state index in [9.17, 15) is 14.4 Å². The molecule has 1 saturated heterocycles. The van der Waals surface area contributed by atoms with Crippen LogP contribution in [0.5, 0.6) is 0 Å². The van der Waals surface area contributed by atoms with Crippen molar-refractivity contribution in [3.05, 3.63) is 72.1 Å². The van der Waals surface area contributed by atoms with Crippen LogP contribution in [0.25, 0.3) is 11.1 Å². The Balaban J connectivity index is 1.28. The van der Waals surface area contributed by atoms with Crippen LogP contribution in [0, 0.1) is 0 Å². The lowest BCUT2D eigenvalue weighted by atomic mass is 9.96. The number of benzene rings is 2. The number of fused-ring (bicyclic) bond motifs is 1. The Labute approximate surface area is 172 Å². The quantitative estimate of drug-likeness (QED) is 0.629. The van der Waals surface area contributed by atoms with Crippen molar-refractivity contribution in [1.82, 2.24) is 9.88 Å². The van der Waals surface area contributed by atoms with Gasteiger partial charge in [-0.25, -0.2) is 9.88 Å². The van der Waals surface area contributed by atoms with Crippen LogP contribution in [0.4, 0.5) is 5.69 Å². The Morgan fingerprint density at radius 1 is 0.967 bits per heavy atom. The number of rotatable bonds is 3. The molecule has 0 aliphatic carbocycles. The van der Waals surface area contributed by atoms with Gasteiger partial charge in [-0.2, -0.15) is 0 Å². The number of carbonyl (C=O) groups is 3. The monoisotopic (exact) mass is 401 g/mol. The molecule has 2 aliphatic rings. The Morgan fingerprint density at radius 2 is 1.70 bits per heavy atom. The van der Waals surface area contributed by atoms with Gasteiger partial charge in [-0.05, 0) is 43.2 Å². The number of carbonyl (C=O) groups excluding carboxylic acids is 3. The SMILES string of the molecule is O=C(c1cccc(N2C(=O)C=CC2=O)c1)N1CCC(c2nc3ccccc3o2)CC1. The minimum Gasteiger partial charge on any atom is -0.440 e. The fraction of sp³-hybridized carbons (Fsp3) is 0.217. The minimum atomic E-state index is -0.399. The van der Waals surface area contributed by atoms with Gasteiger partial charge in [0.15, 0.2) is 11.5 Å². The molecule has 0 N–H and O–H groups in total. The second-order valence-electron chi connectivity index (χ2n) is 7.48. The molecule has 1 fully saturated rings. The minimum absolute atomic E-state index is 0.111. The highest BCUT2D eigenvalue weighted by atomic mass is 16.3. The Morgan fingerprint density at radius 3 is 2.43 bits per heavy atom. The fourth-order valence-electron chi connectivity index (χ4n) is 4.01. The number of hydrogen-bond acceptors (Lipinski definition) is 5. The van der Waals surface area contributed by atoms with E-state index in [2.05, 4.69) is 4.98 Å². The average Bonchev–Trinajstić information content (AvgIpc) is 3.36. The van der Waals surface area contributed by atoms with E-state index < -0.39 is 11.8 Å². The van der Waals surface area contributed by atoms with E-state index in [0.717, 1.165) is 34.7 Å². The van der Waals surface area contributed by atoms with E-state index in [1.807, 2.05) is 24.3 Å². The second kappa shape index (κ2) is 7.26. The summed E-state index contributed by atoms with van der Waals surface area (Å²) in [4.78, 5) is 44.3. The highest BCUT2D eigenvalue weighted by molar-refractivity contribution is 6.28. The van der Waals surface area contributed by atoms with E-state index in [0.29, 0.717) is 24.3 Å². The number of likely N-dealkylation sites (tertiary alicyclic amines) is 1. The van der Waals surface area contributed by atoms with Crippen LogP contribution >= 0.6 is 0 Å². The van der Waals surface area contributed by atoms with Crippen molar-refractivity contribution < 1.29 is 18.8 Å². The zero-order valence-corrected chi connectivity index (χ0v) is 16.2. The van der Waals surface area contributed by atoms with Gasteiger partial charge < -0.3 is 9.32 Å². The smallest absolute Gasteiger partial charge is 0.258 e. The number of hydrogen-bond donors (Lipinski definition) is 0. The van der Waals surface area contributed by atoms with Crippen molar-refractivity contribution in [2.24, 2.45) is 0 Å². The molecule has 2 aliphatic heterocycles. The lowest BCUT2D eigenvalue weighted by molar-refractivity contribution is -0.119. The van der Waals surface area contributed by atoms with Crippen LogP contribution < -0.4 is 4.90 Å². The molecule has 5 rings (SSSR count). The van der Waals surface area contributed by atoms with Crippen molar-refractivity contribution in [2.75, 3.05) is 18.0 Å². The maximum atomic E-state index is 13.0. The maximum Gasteiger partial charge on any atom is 0.258 e. The van der Waals surface area contributed by atoms with Gasteiger partial charge in [0, 0.05) is 36.7 Å². The number of aromatic nitrogens is 1. The summed E-state index contributed by atoms with van der Waals surface area (Å²) in [6, 6.07) is 14.3. The van der Waals surface area contributed by atoms with E-state index in [4.69, 9.17) is 4.42 Å². The lowest BCUT2D eigenvalue weighted by Gasteiger charge is -2.31. The van der Waals surface area contributed by atoms with E-state index in [1.54, 1.807) is 29.2 Å². The summed E-state index contributed by atoms with van der Waals surface area (Å²) in [5.41, 5.74) is 2.49. The molecule has 0 bridgehead atoms. The van der Waals surface area contributed by atoms with Gasteiger partial charge in [-0.15, -0.1) is 0 Å². The first kappa shape index (κ1) is 18.3. The van der Waals surface area contributed by atoms with Gasteiger partial charge >= 0.3 is 0 Å². The average molecular weight is 401 g/mol. The van der Waals surface area contributed by atoms with Crippen molar-refractivity contribution in [1.29, 1.82) is 0 Å². The normalized spacial score (nSPS) is 17.3. The Bertz CT molecular complexity index is 1140. The van der Waals surface area contributed by atoms with Gasteiger partial charge in [0.2, 0.25) is 0 Å². The van der Waals surface area contributed by atoms with Crippen molar-refractivity contribution in [3.8, 4) is 0 Å². The molecular formula is C23H19N3O4. The summed E-state index contributed by atoms with van der Waals surface area (Å²) in [6.07, 6.45) is 4.00. The van der Waals surface area contributed by atoms with Gasteiger partial charge in [-0.3, -0.25) is 14.4 Å². The summed E-state index contributed by atoms with van der Waals surface area (Å²) in [6.45, 7) is 1.19. The van der Waals surface area contributed by atoms with Crippen molar-refractivity contribution >= 4 is 34.5 Å². The molecular weight excluding hydrogens is 382 g/mol. The molecule has 7 nitrogen and oxygen atoms in total. The zero-order valence-electron chi connectivity index (χ0n) is 16.2. The molecule has 0 unspecified atom stereocenters. The third kappa shape index (κ3) is 3.18. The molecule has 7 heteroatoms. The van der Waals surface area contributed by atoms with Gasteiger partial charge in [-0.1, -0.05) is 18.2 Å². The lowest BCUT2D eigenvalue weighted by Crippen LogP contribution is -2.38. The van der Waals surface area contributed by atoms with Crippen LogP contribution in [0.3, 0.4) is 0 Å². The first-order valence-electron chi connectivity index (χ1n) is 9.91. The van der Waals surface area contributed by atoms with Crippen LogP contribution in [-0.2, 0) is 9.59 Å². The number of amides is 3. The van der Waals surface area contributed by atoms with Crippen LogP contribution in [-0.4, -0.2) is 40.7 Å². The molecule has 3 heterocycles. The molecule has 0 atom stereocenters. The fourth-order valence-corrected chi connectivity index (χ4v) is 4.01. The summed E-state index contributed by atoms with van der Waals surface area (Å²) in [7, 11) is 0. The topological polar surface area (TPSA) is 83.7 Å². The van der Waals surface area contributed by atoms with E-state index >= 15 is 0 Å². The predicted molar refractivity (Wildman–Crippen MR) is 110 cm³/mol. The molecule has 0 spiro atoms. The van der Waals surface area contributed by atoms with E-state index in [1.165, 1.54) is 12.2 Å². The van der Waals surface area contributed by atoms with Gasteiger partial charge in [0.05, 0.1) is 5.69 Å². The predicted octanol–water partition coefficient (Wildman–Crippen LogP) is 3.28. The largest absolute Gasteiger partial charge is 0.440 e. The Hall–Kier alpha value is -3.74. The summed E-state index contributed by atoms with van der Waals surface area (Å²) in [5.74, 6) is -0.00466.